The van der Waals surface area contributed by atoms with Gasteiger partial charge in [0.1, 0.15) is 11.6 Å². The number of amides is 2. The van der Waals surface area contributed by atoms with Gasteiger partial charge in [0.05, 0.1) is 18.1 Å². The molecule has 1 aromatic heterocycles. The topological polar surface area (TPSA) is 93.2 Å². The molecule has 1 atom stereocenters. The lowest BCUT2D eigenvalue weighted by molar-refractivity contribution is -0.121. The first-order valence-electron chi connectivity index (χ1n) is 12.0. The van der Waals surface area contributed by atoms with E-state index < -0.39 is 17.7 Å². The van der Waals surface area contributed by atoms with Crippen LogP contribution in [0.5, 0.6) is 0 Å². The summed E-state index contributed by atoms with van der Waals surface area (Å²) in [7, 11) is 0. The van der Waals surface area contributed by atoms with Crippen LogP contribution in [-0.2, 0) is 9.53 Å². The van der Waals surface area contributed by atoms with Crippen LogP contribution < -0.4 is 10.6 Å². The number of nitrogens with one attached hydrogen (secondary N) is 2. The van der Waals surface area contributed by atoms with Gasteiger partial charge in [-0.05, 0) is 54.5 Å². The van der Waals surface area contributed by atoms with E-state index in [2.05, 4.69) is 36.5 Å². The Morgan fingerprint density at radius 2 is 1.47 bits per heavy atom. The second-order valence-electron chi connectivity index (χ2n) is 10.2. The van der Waals surface area contributed by atoms with Crippen molar-refractivity contribution in [1.29, 1.82) is 0 Å². The number of hydrogen-bond donors (Lipinski definition) is 2. The molecule has 1 unspecified atom stereocenters. The van der Waals surface area contributed by atoms with Gasteiger partial charge in [0.2, 0.25) is 5.91 Å². The molecular formula is C24H37BrN4O3. The van der Waals surface area contributed by atoms with Crippen molar-refractivity contribution in [2.75, 3.05) is 5.32 Å². The zero-order valence-electron chi connectivity index (χ0n) is 19.5. The van der Waals surface area contributed by atoms with E-state index in [1.54, 1.807) is 12.4 Å². The van der Waals surface area contributed by atoms with E-state index in [0.29, 0.717) is 22.3 Å². The van der Waals surface area contributed by atoms with Crippen molar-refractivity contribution in [1.82, 2.24) is 15.3 Å². The van der Waals surface area contributed by atoms with Gasteiger partial charge in [-0.3, -0.25) is 4.79 Å². The summed E-state index contributed by atoms with van der Waals surface area (Å²) in [5.41, 5.74) is -0.115. The largest absolute Gasteiger partial charge is 0.444 e. The van der Waals surface area contributed by atoms with Gasteiger partial charge >= 0.3 is 6.09 Å². The molecule has 2 N–H and O–H groups in total. The Labute approximate surface area is 200 Å². The van der Waals surface area contributed by atoms with Crippen molar-refractivity contribution in [2.24, 2.45) is 17.8 Å². The van der Waals surface area contributed by atoms with E-state index in [-0.39, 0.29) is 11.8 Å². The Morgan fingerprint density at radius 3 is 1.94 bits per heavy atom. The van der Waals surface area contributed by atoms with Crippen molar-refractivity contribution in [2.45, 2.75) is 96.6 Å². The molecule has 1 heterocycles. The molecule has 2 saturated carbocycles. The van der Waals surface area contributed by atoms with Gasteiger partial charge in [0.25, 0.3) is 0 Å². The molecule has 3 rings (SSSR count). The number of anilines is 1. The van der Waals surface area contributed by atoms with Crippen LogP contribution in [0, 0.1) is 17.8 Å². The second kappa shape index (κ2) is 11.4. The molecule has 0 saturated heterocycles. The highest BCUT2D eigenvalue weighted by Crippen LogP contribution is 2.42. The maximum absolute atomic E-state index is 13.6. The summed E-state index contributed by atoms with van der Waals surface area (Å²) in [4.78, 5) is 34.6. The molecule has 2 amide bonds. The molecule has 8 heteroatoms. The van der Waals surface area contributed by atoms with E-state index in [1.165, 1.54) is 38.5 Å². The first-order valence-corrected chi connectivity index (χ1v) is 12.8. The molecule has 0 aromatic carbocycles. The van der Waals surface area contributed by atoms with E-state index >= 15 is 0 Å². The average molecular weight is 509 g/mol. The molecule has 0 bridgehead atoms. The zero-order chi connectivity index (χ0) is 23.1. The minimum atomic E-state index is -0.653. The molecule has 2 aliphatic rings. The molecule has 0 spiro atoms. The van der Waals surface area contributed by atoms with Gasteiger partial charge in [-0.2, -0.15) is 0 Å². The summed E-state index contributed by atoms with van der Waals surface area (Å²) in [6.45, 7) is 5.50. The molecule has 0 aliphatic heterocycles. The predicted octanol–water partition coefficient (Wildman–Crippen LogP) is 5.85. The summed E-state index contributed by atoms with van der Waals surface area (Å²) in [6, 6.07) is -0.653. The fraction of sp³-hybridized carbons (Fsp3) is 0.750. The fourth-order valence-corrected chi connectivity index (χ4v) is 5.54. The molecule has 0 radical (unpaired) electrons. The molecule has 178 valence electrons. The third-order valence-electron chi connectivity index (χ3n) is 6.62. The number of nitrogens with zero attached hydrogens (tertiary/aromatic N) is 2. The molecule has 32 heavy (non-hydrogen) atoms. The quantitative estimate of drug-likeness (QED) is 0.470. The highest BCUT2D eigenvalue weighted by atomic mass is 79.9. The number of halogens is 1. The minimum Gasteiger partial charge on any atom is -0.444 e. The average Bonchev–Trinajstić information content (AvgIpc) is 2.75. The zero-order valence-corrected chi connectivity index (χ0v) is 21.1. The molecule has 7 nitrogen and oxygen atoms in total. The van der Waals surface area contributed by atoms with Gasteiger partial charge in [-0.1, -0.05) is 64.2 Å². The van der Waals surface area contributed by atoms with Crippen molar-refractivity contribution in [3.8, 4) is 0 Å². The minimum absolute atomic E-state index is 0.0967. The molecule has 2 fully saturated rings. The monoisotopic (exact) mass is 508 g/mol. The van der Waals surface area contributed by atoms with Crippen LogP contribution in [0.15, 0.2) is 17.1 Å². The lowest BCUT2D eigenvalue weighted by Gasteiger charge is -2.42. The third-order valence-corrected chi connectivity index (χ3v) is 7.03. The first kappa shape index (κ1) is 24.9. The van der Waals surface area contributed by atoms with E-state index in [9.17, 15) is 9.59 Å². The smallest absolute Gasteiger partial charge is 0.408 e. The summed E-state index contributed by atoms with van der Waals surface area (Å²) in [5, 5.41) is 5.92. The van der Waals surface area contributed by atoms with Gasteiger partial charge in [0.15, 0.2) is 4.73 Å². The third kappa shape index (κ3) is 7.42. The summed E-state index contributed by atoms with van der Waals surface area (Å²) < 4.78 is 6.01. The van der Waals surface area contributed by atoms with Crippen LogP contribution in [0.3, 0.4) is 0 Å². The van der Waals surface area contributed by atoms with Crippen molar-refractivity contribution < 1.29 is 14.3 Å². The number of alkyl carbamates (subject to hydrolysis) is 1. The number of carbonyl (C=O) groups excluding carboxylic acids is 2. The molecule has 1 aromatic rings. The Balaban J connectivity index is 1.87. The Bertz CT molecular complexity index is 736. The van der Waals surface area contributed by atoms with Crippen LogP contribution in [0.1, 0.15) is 85.0 Å². The summed E-state index contributed by atoms with van der Waals surface area (Å²) in [6.07, 6.45) is 14.3. The standard InChI is InChI=1S/C24H37BrN4O3/c1-24(2,3)32-23(31)29-20(21(30)28-18-14-26-22(25)27-15-18)19(16-10-6-4-7-11-16)17-12-8-5-9-13-17/h14-17,19-20H,4-13H2,1-3H3,(H,28,30)(H,29,31). The number of ether oxygens (including phenoxy) is 1. The van der Waals surface area contributed by atoms with E-state index in [0.717, 1.165) is 25.7 Å². The van der Waals surface area contributed by atoms with Crippen LogP contribution in [0.2, 0.25) is 0 Å². The summed E-state index contributed by atoms with van der Waals surface area (Å²) >= 11 is 3.22. The SMILES string of the molecule is CC(C)(C)OC(=O)NC(C(=O)Nc1cnc(Br)nc1)C(C1CCCCC1)C1CCCCC1. The van der Waals surface area contributed by atoms with Gasteiger partial charge in [-0.15, -0.1) is 0 Å². The molecule has 2 aliphatic carbocycles. The predicted molar refractivity (Wildman–Crippen MR) is 128 cm³/mol. The number of hydrogen-bond acceptors (Lipinski definition) is 5. The van der Waals surface area contributed by atoms with Crippen molar-refractivity contribution in [3.63, 3.8) is 0 Å². The summed E-state index contributed by atoms with van der Waals surface area (Å²) in [5.74, 6) is 0.736. The highest BCUT2D eigenvalue weighted by Gasteiger charge is 2.41. The van der Waals surface area contributed by atoms with E-state index in [4.69, 9.17) is 4.74 Å². The Hall–Kier alpha value is -1.70. The van der Waals surface area contributed by atoms with Crippen molar-refractivity contribution >= 4 is 33.6 Å². The number of rotatable bonds is 6. The maximum atomic E-state index is 13.6. The maximum Gasteiger partial charge on any atom is 0.408 e. The van der Waals surface area contributed by atoms with Gasteiger partial charge < -0.3 is 15.4 Å². The lowest BCUT2D eigenvalue weighted by atomic mass is 9.66. The Morgan fingerprint density at radius 1 is 0.969 bits per heavy atom. The highest BCUT2D eigenvalue weighted by molar-refractivity contribution is 9.10. The van der Waals surface area contributed by atoms with Gasteiger partial charge in [0, 0.05) is 0 Å². The second-order valence-corrected chi connectivity index (χ2v) is 10.9. The lowest BCUT2D eigenvalue weighted by Crippen LogP contribution is -2.54. The van der Waals surface area contributed by atoms with Gasteiger partial charge in [-0.25, -0.2) is 14.8 Å². The van der Waals surface area contributed by atoms with Crippen LogP contribution in [-0.4, -0.2) is 33.6 Å². The van der Waals surface area contributed by atoms with E-state index in [1.807, 2.05) is 20.8 Å². The van der Waals surface area contributed by atoms with Crippen molar-refractivity contribution in [3.05, 3.63) is 17.1 Å². The van der Waals surface area contributed by atoms with Crippen LogP contribution in [0.25, 0.3) is 0 Å². The number of carbonyl (C=O) groups is 2. The normalized spacial score (nSPS) is 19.4. The molecular weight excluding hydrogens is 472 g/mol. The number of aromatic nitrogens is 2. The fourth-order valence-electron chi connectivity index (χ4n) is 5.34. The Kier molecular flexibility index (Phi) is 8.91. The first-order chi connectivity index (χ1) is 15.2. The van der Waals surface area contributed by atoms with Crippen LogP contribution >= 0.6 is 15.9 Å². The van der Waals surface area contributed by atoms with Crippen LogP contribution in [0.4, 0.5) is 10.5 Å².